The largest absolute Gasteiger partial charge is 0.469 e. The van der Waals surface area contributed by atoms with Gasteiger partial charge in [0.05, 0.1) is 13.5 Å². The molecule has 1 aliphatic carbocycles. The van der Waals surface area contributed by atoms with E-state index in [9.17, 15) is 9.18 Å². The molecule has 0 aromatic heterocycles. The van der Waals surface area contributed by atoms with Gasteiger partial charge in [-0.05, 0) is 43.9 Å². The number of thioether (sulfide) groups is 1. The third-order valence-corrected chi connectivity index (χ3v) is 5.60. The minimum Gasteiger partial charge on any atom is -0.469 e. The molecule has 0 heterocycles. The SMILES string of the molecule is CNC(C)c1cccc(F)c1SCC1(CC(=O)OC)CC1. The number of carbonyl (C=O) groups excluding carboxylic acids is 1. The monoisotopic (exact) mass is 311 g/mol. The number of carbonyl (C=O) groups is 1. The molecule has 0 amide bonds. The lowest BCUT2D eigenvalue weighted by Gasteiger charge is -2.18. The van der Waals surface area contributed by atoms with Crippen LogP contribution in [0, 0.1) is 11.2 Å². The third kappa shape index (κ3) is 3.98. The van der Waals surface area contributed by atoms with Crippen LogP contribution in [0.15, 0.2) is 23.1 Å². The Morgan fingerprint density at radius 1 is 1.52 bits per heavy atom. The number of halogens is 1. The van der Waals surface area contributed by atoms with Crippen LogP contribution < -0.4 is 5.32 Å². The first-order valence-corrected chi connectivity index (χ1v) is 8.15. The van der Waals surface area contributed by atoms with Gasteiger partial charge in [-0.25, -0.2) is 4.39 Å². The van der Waals surface area contributed by atoms with Gasteiger partial charge in [-0.15, -0.1) is 11.8 Å². The molecule has 0 saturated heterocycles. The van der Waals surface area contributed by atoms with Crippen LogP contribution in [-0.4, -0.2) is 25.9 Å². The number of benzene rings is 1. The van der Waals surface area contributed by atoms with Gasteiger partial charge in [0.25, 0.3) is 0 Å². The molecule has 0 aliphatic heterocycles. The van der Waals surface area contributed by atoms with Crippen molar-refractivity contribution in [3.05, 3.63) is 29.6 Å². The van der Waals surface area contributed by atoms with Crippen molar-refractivity contribution in [2.24, 2.45) is 5.41 Å². The van der Waals surface area contributed by atoms with Crippen molar-refractivity contribution in [2.75, 3.05) is 19.9 Å². The van der Waals surface area contributed by atoms with E-state index in [4.69, 9.17) is 4.74 Å². The Morgan fingerprint density at radius 2 is 2.24 bits per heavy atom. The molecule has 5 heteroatoms. The number of ether oxygens (including phenoxy) is 1. The van der Waals surface area contributed by atoms with E-state index >= 15 is 0 Å². The summed E-state index contributed by atoms with van der Waals surface area (Å²) in [6.45, 7) is 2.01. The lowest BCUT2D eigenvalue weighted by molar-refractivity contribution is -0.141. The first kappa shape index (κ1) is 16.3. The maximum absolute atomic E-state index is 14.1. The Bertz CT molecular complexity index is 517. The summed E-state index contributed by atoms with van der Waals surface area (Å²) in [5, 5.41) is 3.15. The highest BCUT2D eigenvalue weighted by atomic mass is 32.2. The molecule has 1 aromatic carbocycles. The molecule has 2 rings (SSSR count). The number of esters is 1. The van der Waals surface area contributed by atoms with Gasteiger partial charge in [-0.1, -0.05) is 12.1 Å². The maximum atomic E-state index is 14.1. The number of methoxy groups -OCH3 is 1. The van der Waals surface area contributed by atoms with Crippen molar-refractivity contribution in [1.29, 1.82) is 0 Å². The number of nitrogens with one attached hydrogen (secondary N) is 1. The molecule has 0 bridgehead atoms. The predicted octanol–water partition coefficient (Wildman–Crippen LogP) is 3.54. The van der Waals surface area contributed by atoms with Gasteiger partial charge in [0.1, 0.15) is 5.82 Å². The molecule has 0 radical (unpaired) electrons. The van der Waals surface area contributed by atoms with E-state index in [1.807, 2.05) is 20.0 Å². The molecule has 1 fully saturated rings. The lowest BCUT2D eigenvalue weighted by Crippen LogP contribution is -2.15. The van der Waals surface area contributed by atoms with Crippen molar-refractivity contribution in [3.63, 3.8) is 0 Å². The van der Waals surface area contributed by atoms with Gasteiger partial charge in [0, 0.05) is 16.7 Å². The summed E-state index contributed by atoms with van der Waals surface area (Å²) in [6, 6.07) is 5.28. The van der Waals surface area contributed by atoms with E-state index in [-0.39, 0.29) is 23.2 Å². The van der Waals surface area contributed by atoms with Crippen LogP contribution in [-0.2, 0) is 9.53 Å². The molecule has 1 N–H and O–H groups in total. The molecule has 1 aromatic rings. The first-order chi connectivity index (χ1) is 10.0. The highest BCUT2D eigenvalue weighted by Crippen LogP contribution is 2.52. The molecular weight excluding hydrogens is 289 g/mol. The number of rotatable bonds is 7. The number of hydrogen-bond acceptors (Lipinski definition) is 4. The van der Waals surface area contributed by atoms with E-state index in [1.54, 1.807) is 6.07 Å². The van der Waals surface area contributed by atoms with E-state index in [0.717, 1.165) is 24.2 Å². The van der Waals surface area contributed by atoms with E-state index in [1.165, 1.54) is 24.9 Å². The Morgan fingerprint density at radius 3 is 2.81 bits per heavy atom. The topological polar surface area (TPSA) is 38.3 Å². The first-order valence-electron chi connectivity index (χ1n) is 7.16. The zero-order valence-corrected chi connectivity index (χ0v) is 13.6. The third-order valence-electron chi connectivity index (χ3n) is 4.12. The van der Waals surface area contributed by atoms with Crippen LogP contribution in [0.1, 0.15) is 37.8 Å². The zero-order chi connectivity index (χ0) is 15.5. The Balaban J connectivity index is 2.08. The van der Waals surface area contributed by atoms with Gasteiger partial charge in [-0.2, -0.15) is 0 Å². The van der Waals surface area contributed by atoms with E-state index in [0.29, 0.717) is 11.3 Å². The molecule has 1 saturated carbocycles. The fourth-order valence-electron chi connectivity index (χ4n) is 2.33. The highest BCUT2D eigenvalue weighted by molar-refractivity contribution is 7.99. The van der Waals surface area contributed by atoms with Crippen LogP contribution in [0.5, 0.6) is 0 Å². The van der Waals surface area contributed by atoms with Crippen LogP contribution in [0.4, 0.5) is 4.39 Å². The smallest absolute Gasteiger partial charge is 0.306 e. The Hall–Kier alpha value is -1.07. The molecule has 3 nitrogen and oxygen atoms in total. The zero-order valence-electron chi connectivity index (χ0n) is 12.7. The van der Waals surface area contributed by atoms with Crippen LogP contribution in [0.25, 0.3) is 0 Å². The molecule has 0 spiro atoms. The lowest BCUT2D eigenvalue weighted by atomic mass is 10.1. The van der Waals surface area contributed by atoms with Gasteiger partial charge < -0.3 is 10.1 Å². The summed E-state index contributed by atoms with van der Waals surface area (Å²) < 4.78 is 18.9. The van der Waals surface area contributed by atoms with Gasteiger partial charge in [0.2, 0.25) is 0 Å². The van der Waals surface area contributed by atoms with Crippen molar-refractivity contribution in [2.45, 2.75) is 37.1 Å². The summed E-state index contributed by atoms with van der Waals surface area (Å²) in [5.41, 5.74) is 0.969. The quantitative estimate of drug-likeness (QED) is 0.617. The molecule has 21 heavy (non-hydrogen) atoms. The molecular formula is C16H22FNO2S. The fraction of sp³-hybridized carbons (Fsp3) is 0.562. The second-order valence-electron chi connectivity index (χ2n) is 5.71. The standard InChI is InChI=1S/C16H22FNO2S/c1-11(18-2)12-5-4-6-13(17)15(12)21-10-16(7-8-16)9-14(19)20-3/h4-6,11,18H,7-10H2,1-3H3. The van der Waals surface area contributed by atoms with Gasteiger partial charge in [-0.3, -0.25) is 4.79 Å². The van der Waals surface area contributed by atoms with Crippen molar-refractivity contribution in [3.8, 4) is 0 Å². The number of hydrogen-bond donors (Lipinski definition) is 1. The molecule has 1 aliphatic rings. The van der Waals surface area contributed by atoms with Gasteiger partial charge >= 0.3 is 5.97 Å². The van der Waals surface area contributed by atoms with Crippen molar-refractivity contribution < 1.29 is 13.9 Å². The van der Waals surface area contributed by atoms with Crippen LogP contribution >= 0.6 is 11.8 Å². The summed E-state index contributed by atoms with van der Waals surface area (Å²) >= 11 is 1.52. The average Bonchev–Trinajstić information content (AvgIpc) is 3.24. The van der Waals surface area contributed by atoms with Gasteiger partial charge in [0.15, 0.2) is 0 Å². The highest BCUT2D eigenvalue weighted by Gasteiger charge is 2.44. The minimum atomic E-state index is -0.187. The molecule has 1 unspecified atom stereocenters. The maximum Gasteiger partial charge on any atom is 0.306 e. The van der Waals surface area contributed by atoms with E-state index in [2.05, 4.69) is 5.32 Å². The average molecular weight is 311 g/mol. The second-order valence-corrected chi connectivity index (χ2v) is 6.70. The molecule has 1 atom stereocenters. The van der Waals surface area contributed by atoms with Crippen LogP contribution in [0.2, 0.25) is 0 Å². The molecule has 116 valence electrons. The summed E-state index contributed by atoms with van der Waals surface area (Å²) in [4.78, 5) is 12.1. The van der Waals surface area contributed by atoms with E-state index < -0.39 is 0 Å². The normalized spacial score (nSPS) is 17.3. The van der Waals surface area contributed by atoms with Crippen LogP contribution in [0.3, 0.4) is 0 Å². The Labute approximate surface area is 129 Å². The predicted molar refractivity (Wildman–Crippen MR) is 82.9 cm³/mol. The van der Waals surface area contributed by atoms with Crippen molar-refractivity contribution in [1.82, 2.24) is 5.32 Å². The Kier molecular flexibility index (Phi) is 5.27. The summed E-state index contributed by atoms with van der Waals surface area (Å²) in [7, 11) is 3.28. The second kappa shape index (κ2) is 6.79. The summed E-state index contributed by atoms with van der Waals surface area (Å²) in [5.74, 6) is 0.394. The van der Waals surface area contributed by atoms with Crippen molar-refractivity contribution >= 4 is 17.7 Å². The fourth-order valence-corrected chi connectivity index (χ4v) is 3.79. The summed E-state index contributed by atoms with van der Waals surface area (Å²) in [6.07, 6.45) is 2.46. The minimum absolute atomic E-state index is 0.000191.